The van der Waals surface area contributed by atoms with E-state index in [1.54, 1.807) is 36.4 Å². The molecule has 0 fully saturated rings. The lowest BCUT2D eigenvalue weighted by Crippen LogP contribution is -2.43. The fourth-order valence-electron chi connectivity index (χ4n) is 3.17. The average molecular weight is 531 g/mol. The second-order valence-corrected chi connectivity index (χ2v) is 9.14. The monoisotopic (exact) mass is 530 g/mol. The standard InChI is InChI=1S/C22H24ClIO5/c1-2-3-4-12-22(24,21(27)28)20-15(9-11-19(20)26)8-10-17(25)14-29-18-7-5-6-16(23)13-18/h2-3,5-10,13,17,20,25H,4,11-12,14H2,1H3,(H,27,28)/t17?,20-,22?/m1/s1. The SMILES string of the molecule is CC=CCCC(I)(C(=O)O)[C@H]1C(=O)CC=C1C=CC(O)COc1cccc(Cl)c1. The quantitative estimate of drug-likeness (QED) is 0.259. The van der Waals surface area contributed by atoms with Crippen molar-refractivity contribution >= 4 is 45.9 Å². The van der Waals surface area contributed by atoms with Crippen LogP contribution in [0.2, 0.25) is 5.02 Å². The van der Waals surface area contributed by atoms with Crippen LogP contribution in [0.1, 0.15) is 26.2 Å². The highest BCUT2D eigenvalue weighted by atomic mass is 127. The number of ketones is 1. The molecular weight excluding hydrogens is 507 g/mol. The lowest BCUT2D eigenvalue weighted by Gasteiger charge is -2.29. The number of Topliss-reactive ketones (excluding diaryl/α,β-unsaturated/α-hetero) is 1. The van der Waals surface area contributed by atoms with Crippen molar-refractivity contribution in [3.05, 3.63) is 65.2 Å². The first-order valence-electron chi connectivity index (χ1n) is 9.28. The van der Waals surface area contributed by atoms with Gasteiger partial charge < -0.3 is 14.9 Å². The fraction of sp³-hybridized carbons (Fsp3) is 0.364. The number of aliphatic hydroxyl groups is 1. The molecule has 0 saturated carbocycles. The van der Waals surface area contributed by atoms with Gasteiger partial charge in [0, 0.05) is 11.4 Å². The molecule has 1 aromatic rings. The van der Waals surface area contributed by atoms with E-state index in [0.717, 1.165) is 0 Å². The van der Waals surface area contributed by atoms with Gasteiger partial charge in [0.15, 0.2) is 0 Å². The molecular formula is C22H24ClIO5. The van der Waals surface area contributed by atoms with Crippen molar-refractivity contribution in [2.45, 2.75) is 35.7 Å². The molecule has 0 radical (unpaired) electrons. The first-order valence-corrected chi connectivity index (χ1v) is 10.7. The van der Waals surface area contributed by atoms with E-state index in [4.69, 9.17) is 16.3 Å². The summed E-state index contributed by atoms with van der Waals surface area (Å²) in [5.74, 6) is -1.33. The third-order valence-electron chi connectivity index (χ3n) is 4.65. The molecule has 7 heteroatoms. The van der Waals surface area contributed by atoms with Gasteiger partial charge in [-0.25, -0.2) is 0 Å². The molecule has 1 aliphatic carbocycles. The van der Waals surface area contributed by atoms with Crippen LogP contribution in [-0.2, 0) is 9.59 Å². The van der Waals surface area contributed by atoms with E-state index in [2.05, 4.69) is 0 Å². The minimum absolute atomic E-state index is 0.0122. The molecule has 156 valence electrons. The zero-order valence-corrected chi connectivity index (χ0v) is 19.0. The number of carbonyl (C=O) groups is 2. The summed E-state index contributed by atoms with van der Waals surface area (Å²) >= 11 is 7.79. The van der Waals surface area contributed by atoms with Crippen LogP contribution in [0.4, 0.5) is 0 Å². The van der Waals surface area contributed by atoms with Crippen LogP contribution in [0.15, 0.2) is 60.2 Å². The predicted octanol–water partition coefficient (Wildman–Crippen LogP) is 4.77. The van der Waals surface area contributed by atoms with Gasteiger partial charge in [-0.1, -0.05) is 70.6 Å². The van der Waals surface area contributed by atoms with E-state index >= 15 is 0 Å². The van der Waals surface area contributed by atoms with Crippen LogP contribution in [0.25, 0.3) is 0 Å². The van der Waals surface area contributed by atoms with E-state index in [9.17, 15) is 19.8 Å². The van der Waals surface area contributed by atoms with Crippen LogP contribution < -0.4 is 4.74 Å². The highest BCUT2D eigenvalue weighted by Gasteiger charge is 2.49. The number of rotatable bonds is 10. The third-order valence-corrected chi connectivity index (χ3v) is 6.50. The lowest BCUT2D eigenvalue weighted by molar-refractivity contribution is -0.142. The van der Waals surface area contributed by atoms with Crippen molar-refractivity contribution < 1.29 is 24.5 Å². The second kappa shape index (κ2) is 10.9. The van der Waals surface area contributed by atoms with Crippen LogP contribution in [0.3, 0.4) is 0 Å². The molecule has 0 saturated heterocycles. The zero-order chi connectivity index (χ0) is 21.4. The minimum Gasteiger partial charge on any atom is -0.491 e. The van der Waals surface area contributed by atoms with Gasteiger partial charge >= 0.3 is 5.97 Å². The number of alkyl halides is 1. The molecule has 1 aromatic carbocycles. The summed E-state index contributed by atoms with van der Waals surface area (Å²) in [7, 11) is 0. The number of hydrogen-bond acceptors (Lipinski definition) is 4. The molecule has 0 amide bonds. The summed E-state index contributed by atoms with van der Waals surface area (Å²) in [4.78, 5) is 24.5. The summed E-state index contributed by atoms with van der Waals surface area (Å²) in [6, 6.07) is 6.86. The van der Waals surface area contributed by atoms with Crippen molar-refractivity contribution in [1.29, 1.82) is 0 Å². The van der Waals surface area contributed by atoms with Crippen LogP contribution in [-0.4, -0.2) is 38.1 Å². The van der Waals surface area contributed by atoms with Gasteiger partial charge in [-0.3, -0.25) is 9.59 Å². The van der Waals surface area contributed by atoms with E-state index in [0.29, 0.717) is 29.2 Å². The first kappa shape index (κ1) is 23.6. The lowest BCUT2D eigenvalue weighted by atomic mass is 9.82. The summed E-state index contributed by atoms with van der Waals surface area (Å²) in [5, 5.41) is 20.6. The van der Waals surface area contributed by atoms with Crippen LogP contribution in [0, 0.1) is 5.92 Å². The molecule has 3 atom stereocenters. The number of carbonyl (C=O) groups excluding carboxylic acids is 1. The molecule has 2 N–H and O–H groups in total. The maximum absolute atomic E-state index is 12.5. The Bertz CT molecular complexity index is 832. The number of aliphatic carboxylic acids is 1. The Morgan fingerprint density at radius 2 is 2.24 bits per heavy atom. The Hall–Kier alpha value is -1.64. The molecule has 5 nitrogen and oxygen atoms in total. The summed E-state index contributed by atoms with van der Waals surface area (Å²) in [6.45, 7) is 1.88. The van der Waals surface area contributed by atoms with E-state index in [-0.39, 0.29) is 18.8 Å². The molecule has 0 heterocycles. The van der Waals surface area contributed by atoms with Crippen molar-refractivity contribution in [2.24, 2.45) is 5.92 Å². The molecule has 0 spiro atoms. The van der Waals surface area contributed by atoms with Crippen molar-refractivity contribution in [2.75, 3.05) is 6.61 Å². The van der Waals surface area contributed by atoms with Gasteiger partial charge in [-0.15, -0.1) is 0 Å². The molecule has 2 rings (SSSR count). The van der Waals surface area contributed by atoms with Gasteiger partial charge in [0.1, 0.15) is 27.7 Å². The number of ether oxygens (including phenoxy) is 1. The minimum atomic E-state index is -1.23. The first-order chi connectivity index (χ1) is 13.8. The Kier molecular flexibility index (Phi) is 8.92. The van der Waals surface area contributed by atoms with Gasteiger partial charge in [0.25, 0.3) is 0 Å². The summed E-state index contributed by atoms with van der Waals surface area (Å²) in [6.07, 6.45) is 8.84. The van der Waals surface area contributed by atoms with E-state index in [1.165, 1.54) is 6.08 Å². The van der Waals surface area contributed by atoms with Crippen LogP contribution in [0.5, 0.6) is 5.75 Å². The third kappa shape index (κ3) is 6.42. The summed E-state index contributed by atoms with van der Waals surface area (Å²) < 4.78 is 4.27. The van der Waals surface area contributed by atoms with Gasteiger partial charge in [0.05, 0.1) is 5.92 Å². The number of hydrogen-bond donors (Lipinski definition) is 2. The Labute approximate surface area is 189 Å². The van der Waals surface area contributed by atoms with Crippen molar-refractivity contribution in [3.8, 4) is 5.75 Å². The van der Waals surface area contributed by atoms with Gasteiger partial charge in [-0.05, 0) is 43.5 Å². The highest BCUT2D eigenvalue weighted by molar-refractivity contribution is 14.1. The summed E-state index contributed by atoms with van der Waals surface area (Å²) in [5.41, 5.74) is 0.620. The zero-order valence-electron chi connectivity index (χ0n) is 16.1. The number of benzene rings is 1. The fourth-order valence-corrected chi connectivity index (χ4v) is 4.37. The smallest absolute Gasteiger partial charge is 0.320 e. The van der Waals surface area contributed by atoms with E-state index in [1.807, 2.05) is 41.7 Å². The maximum Gasteiger partial charge on any atom is 0.320 e. The Balaban J connectivity index is 2.07. The van der Waals surface area contributed by atoms with Gasteiger partial charge in [-0.2, -0.15) is 0 Å². The Morgan fingerprint density at radius 1 is 1.48 bits per heavy atom. The topological polar surface area (TPSA) is 83.8 Å². The number of aliphatic hydroxyl groups excluding tert-OH is 1. The molecule has 29 heavy (non-hydrogen) atoms. The molecule has 1 aliphatic rings. The molecule has 0 bridgehead atoms. The Morgan fingerprint density at radius 3 is 2.90 bits per heavy atom. The van der Waals surface area contributed by atoms with Crippen LogP contribution >= 0.6 is 34.2 Å². The average Bonchev–Trinajstić information content (AvgIpc) is 3.05. The normalized spacial score (nSPS) is 20.1. The number of carboxylic acid groups (broad SMARTS) is 1. The molecule has 2 unspecified atom stereocenters. The number of allylic oxidation sites excluding steroid dienone is 5. The number of carboxylic acids is 1. The van der Waals surface area contributed by atoms with E-state index < -0.39 is 21.4 Å². The molecule has 0 aromatic heterocycles. The largest absolute Gasteiger partial charge is 0.491 e. The van der Waals surface area contributed by atoms with Crippen molar-refractivity contribution in [3.63, 3.8) is 0 Å². The number of halogens is 2. The maximum atomic E-state index is 12.5. The second-order valence-electron chi connectivity index (χ2n) is 6.78. The molecule has 0 aliphatic heterocycles. The van der Waals surface area contributed by atoms with Crippen molar-refractivity contribution in [1.82, 2.24) is 0 Å². The predicted molar refractivity (Wildman–Crippen MR) is 122 cm³/mol. The van der Waals surface area contributed by atoms with Gasteiger partial charge in [0.2, 0.25) is 0 Å². The highest BCUT2D eigenvalue weighted by Crippen LogP contribution is 2.43.